The molecule has 0 spiro atoms. The van der Waals surface area contributed by atoms with E-state index in [1.807, 2.05) is 0 Å². The molecule has 0 saturated heterocycles. The number of halogens is 3. The number of aromatic nitrogens is 3. The molecule has 0 bridgehead atoms. The standard InChI is InChI=1S/C23H16Cl2FN5O6S2/c1-11(22(33)34)30-21(32)17-6-12(4-5-27-17)14-7-13(24)2-3-18(14)37-19-9-16(26)20(8-15(19)25)39(35,36)31-23-28-10-29-38-23/h2-11H,1H3,(H,30,32)(H,33,34)(H,28,29,31)/t11-/m1/s1. The van der Waals surface area contributed by atoms with Crippen LogP contribution in [0.4, 0.5) is 9.52 Å². The largest absolute Gasteiger partial charge is 0.480 e. The quantitative estimate of drug-likeness (QED) is 0.240. The molecule has 2 aromatic carbocycles. The number of carboxylic acids is 1. The van der Waals surface area contributed by atoms with Crippen LogP contribution in [0.5, 0.6) is 11.5 Å². The monoisotopic (exact) mass is 611 g/mol. The summed E-state index contributed by atoms with van der Waals surface area (Å²) in [5.74, 6) is -3.14. The van der Waals surface area contributed by atoms with E-state index >= 15 is 0 Å². The fourth-order valence-electron chi connectivity index (χ4n) is 3.17. The highest BCUT2D eigenvalue weighted by Gasteiger charge is 2.24. The molecule has 1 atom stereocenters. The van der Waals surface area contributed by atoms with Crippen LogP contribution >= 0.6 is 34.7 Å². The maximum absolute atomic E-state index is 14.9. The highest BCUT2D eigenvalue weighted by Crippen LogP contribution is 2.39. The zero-order valence-corrected chi connectivity index (χ0v) is 22.7. The van der Waals surface area contributed by atoms with E-state index in [2.05, 4.69) is 24.4 Å². The number of aliphatic carboxylic acids is 1. The molecule has 2 aromatic heterocycles. The van der Waals surface area contributed by atoms with Gasteiger partial charge < -0.3 is 15.2 Å². The molecule has 0 fully saturated rings. The Morgan fingerprint density at radius 2 is 1.87 bits per heavy atom. The molecule has 39 heavy (non-hydrogen) atoms. The van der Waals surface area contributed by atoms with Gasteiger partial charge in [-0.25, -0.2) is 17.8 Å². The van der Waals surface area contributed by atoms with Gasteiger partial charge in [-0.2, -0.15) is 4.37 Å². The molecular formula is C23H16Cl2FN5O6S2. The number of pyridine rings is 1. The van der Waals surface area contributed by atoms with E-state index in [4.69, 9.17) is 33.0 Å². The lowest BCUT2D eigenvalue weighted by molar-refractivity contribution is -0.138. The number of benzene rings is 2. The van der Waals surface area contributed by atoms with Crippen LogP contribution in [0.1, 0.15) is 17.4 Å². The number of hydrogen-bond donors (Lipinski definition) is 3. The highest BCUT2D eigenvalue weighted by atomic mass is 35.5. The summed E-state index contributed by atoms with van der Waals surface area (Å²) in [5, 5.41) is 11.4. The van der Waals surface area contributed by atoms with Crippen molar-refractivity contribution in [3.8, 4) is 22.6 Å². The molecule has 0 aliphatic heterocycles. The van der Waals surface area contributed by atoms with Gasteiger partial charge in [0.25, 0.3) is 15.9 Å². The van der Waals surface area contributed by atoms with Crippen molar-refractivity contribution in [3.05, 3.63) is 76.5 Å². The van der Waals surface area contributed by atoms with Crippen LogP contribution in [0.2, 0.25) is 10.0 Å². The van der Waals surface area contributed by atoms with Crippen LogP contribution in [0.3, 0.4) is 0 Å². The summed E-state index contributed by atoms with van der Waals surface area (Å²) < 4.78 is 51.8. The number of carbonyl (C=O) groups excluding carboxylic acids is 1. The number of nitrogens with one attached hydrogen (secondary N) is 2. The van der Waals surface area contributed by atoms with E-state index in [0.29, 0.717) is 16.1 Å². The number of hydrogen-bond acceptors (Lipinski definition) is 9. The lowest BCUT2D eigenvalue weighted by Crippen LogP contribution is -2.38. The Morgan fingerprint density at radius 3 is 2.56 bits per heavy atom. The lowest BCUT2D eigenvalue weighted by atomic mass is 10.0. The third kappa shape index (κ3) is 6.60. The van der Waals surface area contributed by atoms with Crippen LogP contribution in [0.15, 0.2) is 59.9 Å². The van der Waals surface area contributed by atoms with Gasteiger partial charge in [0.1, 0.15) is 40.3 Å². The number of carbonyl (C=O) groups is 2. The minimum absolute atomic E-state index is 0.0560. The smallest absolute Gasteiger partial charge is 0.325 e. The molecule has 0 aliphatic rings. The Morgan fingerprint density at radius 1 is 1.10 bits per heavy atom. The third-order valence-electron chi connectivity index (χ3n) is 5.04. The lowest BCUT2D eigenvalue weighted by Gasteiger charge is -2.15. The summed E-state index contributed by atoms with van der Waals surface area (Å²) in [4.78, 5) is 30.5. The number of nitrogens with zero attached hydrogens (tertiary/aromatic N) is 3. The molecule has 11 nitrogen and oxygen atoms in total. The third-order valence-corrected chi connectivity index (χ3v) is 7.64. The molecule has 3 N–H and O–H groups in total. The van der Waals surface area contributed by atoms with E-state index in [9.17, 15) is 22.4 Å². The van der Waals surface area contributed by atoms with E-state index < -0.39 is 38.7 Å². The summed E-state index contributed by atoms with van der Waals surface area (Å²) in [6.07, 6.45) is 2.47. The Labute approximate surface area is 234 Å². The molecular weight excluding hydrogens is 596 g/mol. The first-order valence-corrected chi connectivity index (χ1v) is 13.7. The summed E-state index contributed by atoms with van der Waals surface area (Å²) in [6.45, 7) is 1.30. The molecule has 1 amide bonds. The zero-order valence-electron chi connectivity index (χ0n) is 19.6. The van der Waals surface area contributed by atoms with Crippen molar-refractivity contribution in [1.29, 1.82) is 0 Å². The second kappa shape index (κ2) is 11.5. The van der Waals surface area contributed by atoms with E-state index in [-0.39, 0.29) is 27.3 Å². The predicted octanol–water partition coefficient (Wildman–Crippen LogP) is 4.84. The van der Waals surface area contributed by atoms with Gasteiger partial charge in [0, 0.05) is 34.4 Å². The van der Waals surface area contributed by atoms with Gasteiger partial charge >= 0.3 is 5.97 Å². The Kier molecular flexibility index (Phi) is 8.30. The average Bonchev–Trinajstić information content (AvgIpc) is 3.39. The van der Waals surface area contributed by atoms with Gasteiger partial charge in [0.15, 0.2) is 0 Å². The van der Waals surface area contributed by atoms with Gasteiger partial charge in [-0.1, -0.05) is 23.2 Å². The van der Waals surface area contributed by atoms with Crippen molar-refractivity contribution < 1.29 is 32.2 Å². The first-order chi connectivity index (χ1) is 18.4. The fraction of sp³-hybridized carbons (Fsp3) is 0.0870. The normalized spacial score (nSPS) is 12.0. The van der Waals surface area contributed by atoms with Crippen LogP contribution in [-0.2, 0) is 14.8 Å². The molecule has 4 aromatic rings. The Bertz CT molecular complexity index is 1670. The molecule has 202 valence electrons. The SMILES string of the molecule is C[C@@H](NC(=O)c1cc(-c2cc(Cl)ccc2Oc2cc(F)c(S(=O)(=O)Nc3ncns3)cc2Cl)ccn1)C(=O)O. The number of ether oxygens (including phenoxy) is 1. The van der Waals surface area contributed by atoms with Crippen LogP contribution in [-0.4, -0.2) is 45.8 Å². The molecule has 0 radical (unpaired) electrons. The van der Waals surface area contributed by atoms with Gasteiger partial charge in [0.05, 0.1) is 5.02 Å². The minimum Gasteiger partial charge on any atom is -0.480 e. The topological polar surface area (TPSA) is 160 Å². The summed E-state index contributed by atoms with van der Waals surface area (Å²) in [7, 11) is -4.37. The maximum atomic E-state index is 14.9. The van der Waals surface area contributed by atoms with Gasteiger partial charge in [-0.3, -0.25) is 19.3 Å². The summed E-state index contributed by atoms with van der Waals surface area (Å²) in [5.41, 5.74) is 0.692. The number of rotatable bonds is 9. The van der Waals surface area contributed by atoms with E-state index in [0.717, 1.165) is 30.0 Å². The Hall–Kier alpha value is -3.85. The van der Waals surface area contributed by atoms with Gasteiger partial charge in [-0.15, -0.1) is 0 Å². The maximum Gasteiger partial charge on any atom is 0.325 e. The van der Waals surface area contributed by atoms with Crippen molar-refractivity contribution in [1.82, 2.24) is 19.7 Å². The fourth-order valence-corrected chi connectivity index (χ4v) is 5.36. The average molecular weight is 612 g/mol. The summed E-state index contributed by atoms with van der Waals surface area (Å²) in [6, 6.07) is 7.98. The van der Waals surface area contributed by atoms with Gasteiger partial charge in [-0.05, 0) is 48.9 Å². The van der Waals surface area contributed by atoms with Crippen molar-refractivity contribution in [2.75, 3.05) is 4.72 Å². The first kappa shape index (κ1) is 28.2. The van der Waals surface area contributed by atoms with Crippen molar-refractivity contribution in [3.63, 3.8) is 0 Å². The van der Waals surface area contributed by atoms with E-state index in [1.54, 1.807) is 6.07 Å². The number of amides is 1. The second-order valence-electron chi connectivity index (χ2n) is 7.77. The molecule has 0 aliphatic carbocycles. The minimum atomic E-state index is -4.37. The number of anilines is 1. The zero-order chi connectivity index (χ0) is 28.3. The predicted molar refractivity (Wildman–Crippen MR) is 141 cm³/mol. The molecule has 4 rings (SSSR count). The summed E-state index contributed by atoms with van der Waals surface area (Å²) >= 11 is 13.2. The number of sulfonamides is 1. The number of carboxylic acid groups (broad SMARTS) is 1. The molecule has 16 heteroatoms. The molecule has 2 heterocycles. The van der Waals surface area contributed by atoms with Crippen molar-refractivity contribution in [2.45, 2.75) is 17.9 Å². The Balaban J connectivity index is 1.66. The first-order valence-electron chi connectivity index (χ1n) is 10.7. The van der Waals surface area contributed by atoms with Crippen LogP contribution < -0.4 is 14.8 Å². The van der Waals surface area contributed by atoms with Crippen molar-refractivity contribution in [2.24, 2.45) is 0 Å². The van der Waals surface area contributed by atoms with E-state index in [1.165, 1.54) is 37.4 Å². The molecule has 0 unspecified atom stereocenters. The second-order valence-corrected chi connectivity index (χ2v) is 11.0. The van der Waals surface area contributed by atoms with Gasteiger partial charge in [0.2, 0.25) is 5.13 Å². The van der Waals surface area contributed by atoms with Crippen LogP contribution in [0, 0.1) is 5.82 Å². The highest BCUT2D eigenvalue weighted by molar-refractivity contribution is 7.93. The van der Waals surface area contributed by atoms with Crippen LogP contribution in [0.25, 0.3) is 11.1 Å². The van der Waals surface area contributed by atoms with Crippen molar-refractivity contribution >= 4 is 61.8 Å². The molecule has 0 saturated carbocycles.